The minimum absolute atomic E-state index is 0.177. The van der Waals surface area contributed by atoms with E-state index in [1.165, 1.54) is 17.3 Å². The molecular weight excluding hydrogens is 427 g/mol. The second kappa shape index (κ2) is 10.5. The molecule has 29 heavy (non-hydrogen) atoms. The Morgan fingerprint density at radius 1 is 1.14 bits per heavy atom. The van der Waals surface area contributed by atoms with E-state index in [0.29, 0.717) is 27.4 Å². The number of aromatic nitrogens is 3. The second-order valence-electron chi connectivity index (χ2n) is 6.24. The average molecular weight is 447 g/mol. The molecule has 0 aliphatic rings. The standard InChI is InChI=1S/C21H20Cl2N4OS/c1-2-12-27-19(11-8-15-6-4-3-5-7-15)25-26-21(27)29-14-20(28)24-18-13-16(22)9-10-17(18)23/h2-7,9-10,13H,1,8,11-12,14H2,(H,24,28). The maximum absolute atomic E-state index is 12.3. The van der Waals surface area contributed by atoms with E-state index in [-0.39, 0.29) is 11.7 Å². The van der Waals surface area contributed by atoms with Crippen LogP contribution in [0.3, 0.4) is 0 Å². The number of benzene rings is 2. The van der Waals surface area contributed by atoms with Crippen molar-refractivity contribution in [3.05, 3.63) is 82.6 Å². The second-order valence-corrected chi connectivity index (χ2v) is 8.03. The molecule has 0 fully saturated rings. The third kappa shape index (κ3) is 6.10. The average Bonchev–Trinajstić information content (AvgIpc) is 3.10. The van der Waals surface area contributed by atoms with Crippen molar-refractivity contribution in [2.24, 2.45) is 0 Å². The summed E-state index contributed by atoms with van der Waals surface area (Å²) < 4.78 is 1.99. The zero-order valence-corrected chi connectivity index (χ0v) is 18.0. The van der Waals surface area contributed by atoms with Gasteiger partial charge in [0.25, 0.3) is 0 Å². The van der Waals surface area contributed by atoms with Gasteiger partial charge in [-0.05, 0) is 30.2 Å². The lowest BCUT2D eigenvalue weighted by atomic mass is 10.1. The van der Waals surface area contributed by atoms with Crippen LogP contribution in [0, 0.1) is 0 Å². The van der Waals surface area contributed by atoms with Gasteiger partial charge in [-0.3, -0.25) is 4.79 Å². The van der Waals surface area contributed by atoms with Crippen LogP contribution in [-0.4, -0.2) is 26.4 Å². The Bertz CT molecular complexity index is 992. The summed E-state index contributed by atoms with van der Waals surface area (Å²) in [6.45, 7) is 4.40. The number of carbonyl (C=O) groups is 1. The maximum atomic E-state index is 12.3. The van der Waals surface area contributed by atoms with Crippen molar-refractivity contribution < 1.29 is 4.79 Å². The maximum Gasteiger partial charge on any atom is 0.234 e. The lowest BCUT2D eigenvalue weighted by Gasteiger charge is -2.09. The molecule has 5 nitrogen and oxygen atoms in total. The number of nitrogens with zero attached hydrogens (tertiary/aromatic N) is 3. The van der Waals surface area contributed by atoms with Crippen LogP contribution in [0.1, 0.15) is 11.4 Å². The molecule has 0 saturated carbocycles. The summed E-state index contributed by atoms with van der Waals surface area (Å²) in [5, 5.41) is 13.0. The SMILES string of the molecule is C=CCn1c(CCc2ccccc2)nnc1SCC(=O)Nc1cc(Cl)ccc1Cl. The van der Waals surface area contributed by atoms with Gasteiger partial charge in [0.15, 0.2) is 5.16 Å². The van der Waals surface area contributed by atoms with Crippen molar-refractivity contribution in [1.82, 2.24) is 14.8 Å². The van der Waals surface area contributed by atoms with E-state index in [1.807, 2.05) is 22.8 Å². The molecule has 1 N–H and O–H groups in total. The molecule has 8 heteroatoms. The largest absolute Gasteiger partial charge is 0.324 e. The van der Waals surface area contributed by atoms with Crippen molar-refractivity contribution in [3.8, 4) is 0 Å². The van der Waals surface area contributed by atoms with Crippen molar-refractivity contribution >= 4 is 46.6 Å². The monoisotopic (exact) mass is 446 g/mol. The fourth-order valence-corrected chi connectivity index (χ4v) is 3.84. The van der Waals surface area contributed by atoms with Crippen molar-refractivity contribution in [2.75, 3.05) is 11.1 Å². The van der Waals surface area contributed by atoms with Crippen molar-refractivity contribution in [3.63, 3.8) is 0 Å². The normalized spacial score (nSPS) is 10.7. The molecule has 0 radical (unpaired) electrons. The van der Waals surface area contributed by atoms with E-state index in [0.717, 1.165) is 18.7 Å². The van der Waals surface area contributed by atoms with E-state index in [2.05, 4.69) is 34.2 Å². The van der Waals surface area contributed by atoms with Crippen LogP contribution in [0.4, 0.5) is 5.69 Å². The predicted molar refractivity (Wildman–Crippen MR) is 120 cm³/mol. The Balaban J connectivity index is 1.62. The van der Waals surface area contributed by atoms with E-state index in [1.54, 1.807) is 24.3 Å². The van der Waals surface area contributed by atoms with Crippen LogP contribution in [0.15, 0.2) is 66.3 Å². The van der Waals surface area contributed by atoms with Gasteiger partial charge >= 0.3 is 0 Å². The molecular formula is C21H20Cl2N4OS. The third-order valence-electron chi connectivity index (χ3n) is 4.12. The number of nitrogens with one attached hydrogen (secondary N) is 1. The zero-order chi connectivity index (χ0) is 20.6. The molecule has 3 aromatic rings. The van der Waals surface area contributed by atoms with Crippen LogP contribution in [-0.2, 0) is 24.2 Å². The summed E-state index contributed by atoms with van der Waals surface area (Å²) in [7, 11) is 0. The molecule has 0 aliphatic heterocycles. The van der Waals surface area contributed by atoms with Crippen LogP contribution in [0.2, 0.25) is 10.0 Å². The van der Waals surface area contributed by atoms with E-state index in [4.69, 9.17) is 23.2 Å². The number of allylic oxidation sites excluding steroid dienone is 1. The third-order valence-corrected chi connectivity index (χ3v) is 5.65. The Morgan fingerprint density at radius 2 is 1.93 bits per heavy atom. The van der Waals surface area contributed by atoms with Crippen LogP contribution in [0.5, 0.6) is 0 Å². The number of thioether (sulfide) groups is 1. The lowest BCUT2D eigenvalue weighted by molar-refractivity contribution is -0.113. The first-order valence-electron chi connectivity index (χ1n) is 9.01. The van der Waals surface area contributed by atoms with Gasteiger partial charge in [-0.2, -0.15) is 0 Å². The molecule has 2 aromatic carbocycles. The highest BCUT2D eigenvalue weighted by Gasteiger charge is 2.14. The number of hydrogen-bond acceptors (Lipinski definition) is 4. The molecule has 150 valence electrons. The van der Waals surface area contributed by atoms with E-state index in [9.17, 15) is 4.79 Å². The number of hydrogen-bond donors (Lipinski definition) is 1. The molecule has 0 saturated heterocycles. The number of halogens is 2. The van der Waals surface area contributed by atoms with Crippen molar-refractivity contribution in [1.29, 1.82) is 0 Å². The fourth-order valence-electron chi connectivity index (χ4n) is 2.73. The number of anilines is 1. The van der Waals surface area contributed by atoms with Crippen LogP contribution >= 0.6 is 35.0 Å². The molecule has 0 spiro atoms. The van der Waals surface area contributed by atoms with E-state index >= 15 is 0 Å². The molecule has 0 aliphatic carbocycles. The summed E-state index contributed by atoms with van der Waals surface area (Å²) in [6.07, 6.45) is 3.43. The summed E-state index contributed by atoms with van der Waals surface area (Å²) in [5.74, 6) is 0.851. The van der Waals surface area contributed by atoms with Gasteiger partial charge in [-0.1, -0.05) is 71.4 Å². The van der Waals surface area contributed by atoms with Gasteiger partial charge in [0, 0.05) is 18.0 Å². The highest BCUT2D eigenvalue weighted by Crippen LogP contribution is 2.26. The molecule has 0 atom stereocenters. The molecule has 1 heterocycles. The highest BCUT2D eigenvalue weighted by molar-refractivity contribution is 7.99. The molecule has 0 bridgehead atoms. The number of amides is 1. The first kappa shape index (κ1) is 21.4. The number of rotatable bonds is 9. The number of carbonyl (C=O) groups excluding carboxylic acids is 1. The van der Waals surface area contributed by atoms with E-state index < -0.39 is 0 Å². The fraction of sp³-hybridized carbons (Fsp3) is 0.190. The summed E-state index contributed by atoms with van der Waals surface area (Å²) in [6, 6.07) is 15.2. The minimum atomic E-state index is -0.196. The zero-order valence-electron chi connectivity index (χ0n) is 15.6. The van der Waals surface area contributed by atoms with Crippen LogP contribution in [0.25, 0.3) is 0 Å². The molecule has 1 amide bonds. The summed E-state index contributed by atoms with van der Waals surface area (Å²) in [4.78, 5) is 12.3. The molecule has 1 aromatic heterocycles. The van der Waals surface area contributed by atoms with Gasteiger partial charge in [0.1, 0.15) is 5.82 Å². The number of aryl methyl sites for hydroxylation is 2. The van der Waals surface area contributed by atoms with Gasteiger partial charge in [-0.25, -0.2) is 0 Å². The van der Waals surface area contributed by atoms with Gasteiger partial charge in [0.05, 0.1) is 16.5 Å². The Kier molecular flexibility index (Phi) is 7.75. The quantitative estimate of drug-likeness (QED) is 0.358. The smallest absolute Gasteiger partial charge is 0.234 e. The van der Waals surface area contributed by atoms with Crippen molar-refractivity contribution in [2.45, 2.75) is 24.5 Å². The highest BCUT2D eigenvalue weighted by atomic mass is 35.5. The first-order valence-corrected chi connectivity index (χ1v) is 10.8. The lowest BCUT2D eigenvalue weighted by Crippen LogP contribution is -2.15. The summed E-state index contributed by atoms with van der Waals surface area (Å²) >= 11 is 13.4. The molecule has 0 unspecified atom stereocenters. The topological polar surface area (TPSA) is 59.8 Å². The summed E-state index contributed by atoms with van der Waals surface area (Å²) in [5.41, 5.74) is 1.73. The minimum Gasteiger partial charge on any atom is -0.324 e. The Morgan fingerprint density at radius 3 is 2.69 bits per heavy atom. The van der Waals surface area contributed by atoms with Gasteiger partial charge in [-0.15, -0.1) is 16.8 Å². The van der Waals surface area contributed by atoms with Gasteiger partial charge < -0.3 is 9.88 Å². The van der Waals surface area contributed by atoms with Gasteiger partial charge in [0.2, 0.25) is 5.91 Å². The Hall–Kier alpha value is -2.28. The molecule has 3 rings (SSSR count). The first-order chi connectivity index (χ1) is 14.1. The predicted octanol–water partition coefficient (Wildman–Crippen LogP) is 5.29. The Labute approximate surface area is 184 Å². The van der Waals surface area contributed by atoms with Crippen LogP contribution < -0.4 is 5.32 Å².